The van der Waals surface area contributed by atoms with E-state index in [2.05, 4.69) is 4.98 Å². The molecule has 0 fully saturated rings. The lowest BCUT2D eigenvalue weighted by atomic mass is 10.2. The van der Waals surface area contributed by atoms with Crippen LogP contribution >= 0.6 is 0 Å². The SMILES string of the molecule is CS(=O)(=O)n1cc(C(=O)O)c2ccncc21. The van der Waals surface area contributed by atoms with E-state index < -0.39 is 16.0 Å². The minimum atomic E-state index is -3.53. The smallest absolute Gasteiger partial charge is 0.337 e. The Bertz CT molecular complexity index is 672. The van der Waals surface area contributed by atoms with Crippen LogP contribution in [0.3, 0.4) is 0 Å². The molecule has 16 heavy (non-hydrogen) atoms. The summed E-state index contributed by atoms with van der Waals surface area (Å²) in [6.07, 6.45) is 4.83. The topological polar surface area (TPSA) is 89.3 Å². The molecule has 2 aromatic heterocycles. The molecule has 0 saturated carbocycles. The summed E-state index contributed by atoms with van der Waals surface area (Å²) in [5.41, 5.74) is 0.213. The molecule has 1 N–H and O–H groups in total. The van der Waals surface area contributed by atoms with Crippen LogP contribution in [0.2, 0.25) is 0 Å². The lowest BCUT2D eigenvalue weighted by molar-refractivity contribution is 0.0699. The Morgan fingerprint density at radius 2 is 2.19 bits per heavy atom. The van der Waals surface area contributed by atoms with Crippen molar-refractivity contribution in [2.75, 3.05) is 6.26 Å². The van der Waals surface area contributed by atoms with Crippen molar-refractivity contribution in [1.29, 1.82) is 0 Å². The molecular formula is C9H8N2O4S. The first-order chi connectivity index (χ1) is 7.41. The number of carbonyl (C=O) groups is 1. The molecule has 0 aromatic carbocycles. The average molecular weight is 240 g/mol. The Morgan fingerprint density at radius 3 is 2.75 bits per heavy atom. The molecule has 2 heterocycles. The van der Waals surface area contributed by atoms with Gasteiger partial charge >= 0.3 is 5.97 Å². The molecule has 0 saturated heterocycles. The number of aromatic carboxylic acids is 1. The number of hydrogen-bond acceptors (Lipinski definition) is 4. The molecule has 0 radical (unpaired) electrons. The van der Waals surface area contributed by atoms with E-state index in [1.165, 1.54) is 18.5 Å². The molecule has 0 spiro atoms. The van der Waals surface area contributed by atoms with Crippen molar-refractivity contribution in [1.82, 2.24) is 8.96 Å². The summed E-state index contributed by atoms with van der Waals surface area (Å²) in [6, 6.07) is 1.47. The minimum absolute atomic E-state index is 0.0529. The van der Waals surface area contributed by atoms with Crippen LogP contribution in [0.4, 0.5) is 0 Å². The molecule has 0 aliphatic heterocycles. The average Bonchev–Trinajstić information content (AvgIpc) is 2.56. The van der Waals surface area contributed by atoms with E-state index in [9.17, 15) is 13.2 Å². The van der Waals surface area contributed by atoms with E-state index >= 15 is 0 Å². The summed E-state index contributed by atoms with van der Waals surface area (Å²) in [7, 11) is -3.53. The van der Waals surface area contributed by atoms with Gasteiger partial charge in [-0.3, -0.25) is 4.98 Å². The number of carboxylic acids is 1. The fourth-order valence-electron chi connectivity index (χ4n) is 1.49. The van der Waals surface area contributed by atoms with Crippen molar-refractivity contribution in [2.45, 2.75) is 0 Å². The highest BCUT2D eigenvalue weighted by Gasteiger charge is 2.18. The van der Waals surface area contributed by atoms with Crippen LogP contribution in [0.1, 0.15) is 10.4 Å². The van der Waals surface area contributed by atoms with Crippen molar-refractivity contribution >= 4 is 26.9 Å². The minimum Gasteiger partial charge on any atom is -0.478 e. The van der Waals surface area contributed by atoms with Crippen LogP contribution in [-0.4, -0.2) is 34.7 Å². The summed E-state index contributed by atoms with van der Waals surface area (Å²) in [5.74, 6) is -1.17. The third-order valence-electron chi connectivity index (χ3n) is 2.16. The van der Waals surface area contributed by atoms with Gasteiger partial charge in [-0.25, -0.2) is 17.2 Å². The number of carboxylic acid groups (broad SMARTS) is 1. The highest BCUT2D eigenvalue weighted by atomic mass is 32.2. The summed E-state index contributed by atoms with van der Waals surface area (Å²) >= 11 is 0. The van der Waals surface area contributed by atoms with E-state index in [0.29, 0.717) is 5.39 Å². The normalized spacial score (nSPS) is 11.8. The Labute approximate surface area is 91.2 Å². The van der Waals surface area contributed by atoms with Gasteiger partial charge in [-0.05, 0) is 6.07 Å². The number of fused-ring (bicyclic) bond motifs is 1. The number of aromatic nitrogens is 2. The second kappa shape index (κ2) is 3.31. The van der Waals surface area contributed by atoms with E-state index in [0.717, 1.165) is 16.4 Å². The first-order valence-electron chi connectivity index (χ1n) is 4.30. The molecule has 84 valence electrons. The number of pyridine rings is 1. The predicted octanol–water partition coefficient (Wildman–Crippen LogP) is 0.542. The second-order valence-corrected chi connectivity index (χ2v) is 5.16. The molecule has 0 atom stereocenters. The largest absolute Gasteiger partial charge is 0.478 e. The van der Waals surface area contributed by atoms with Crippen LogP contribution < -0.4 is 0 Å². The highest BCUT2D eigenvalue weighted by Crippen LogP contribution is 2.21. The first kappa shape index (κ1) is 10.6. The molecule has 0 aliphatic rings. The molecular weight excluding hydrogens is 232 g/mol. The molecule has 2 aromatic rings. The Hall–Kier alpha value is -1.89. The highest BCUT2D eigenvalue weighted by molar-refractivity contribution is 7.89. The van der Waals surface area contributed by atoms with E-state index in [-0.39, 0.29) is 11.1 Å². The van der Waals surface area contributed by atoms with Gasteiger partial charge in [-0.2, -0.15) is 0 Å². The van der Waals surface area contributed by atoms with E-state index in [4.69, 9.17) is 5.11 Å². The third kappa shape index (κ3) is 1.54. The van der Waals surface area contributed by atoms with Gasteiger partial charge in [0.05, 0.1) is 23.5 Å². The lowest BCUT2D eigenvalue weighted by Gasteiger charge is -1.99. The van der Waals surface area contributed by atoms with Gasteiger partial charge in [-0.15, -0.1) is 0 Å². The van der Waals surface area contributed by atoms with E-state index in [1.807, 2.05) is 0 Å². The standard InChI is InChI=1S/C9H8N2O4S/c1-16(14,15)11-5-7(9(12)13)6-2-3-10-4-8(6)11/h2-5H,1H3,(H,12,13). The van der Waals surface area contributed by atoms with Crippen molar-refractivity contribution in [3.8, 4) is 0 Å². The molecule has 0 bridgehead atoms. The number of nitrogens with zero attached hydrogens (tertiary/aromatic N) is 2. The fourth-order valence-corrected chi connectivity index (χ4v) is 2.29. The van der Waals surface area contributed by atoms with Crippen LogP contribution in [-0.2, 0) is 10.0 Å². The summed E-state index contributed by atoms with van der Waals surface area (Å²) in [4.78, 5) is 14.7. The van der Waals surface area contributed by atoms with Crippen molar-refractivity contribution < 1.29 is 18.3 Å². The monoisotopic (exact) mass is 240 g/mol. The van der Waals surface area contributed by atoms with Gasteiger partial charge in [0.1, 0.15) is 0 Å². The Balaban J connectivity index is 2.93. The van der Waals surface area contributed by atoms with Gasteiger partial charge < -0.3 is 5.11 Å². The van der Waals surface area contributed by atoms with Gasteiger partial charge in [-0.1, -0.05) is 0 Å². The molecule has 6 nitrogen and oxygen atoms in total. The molecule has 0 unspecified atom stereocenters. The van der Waals surface area contributed by atoms with Gasteiger partial charge in [0.25, 0.3) is 0 Å². The summed E-state index contributed by atoms with van der Waals surface area (Å²) in [5, 5.41) is 9.29. The maximum Gasteiger partial charge on any atom is 0.337 e. The van der Waals surface area contributed by atoms with E-state index in [1.54, 1.807) is 0 Å². The maximum absolute atomic E-state index is 11.4. The first-order valence-corrected chi connectivity index (χ1v) is 6.15. The lowest BCUT2D eigenvalue weighted by Crippen LogP contribution is -2.08. The van der Waals surface area contributed by atoms with Gasteiger partial charge in [0, 0.05) is 17.8 Å². The van der Waals surface area contributed by atoms with Crippen molar-refractivity contribution in [3.63, 3.8) is 0 Å². The van der Waals surface area contributed by atoms with Crippen molar-refractivity contribution in [2.24, 2.45) is 0 Å². The predicted molar refractivity (Wildman–Crippen MR) is 56.9 cm³/mol. The Kier molecular flexibility index (Phi) is 2.20. The maximum atomic E-state index is 11.4. The van der Waals surface area contributed by atoms with Crippen LogP contribution in [0.25, 0.3) is 10.9 Å². The Morgan fingerprint density at radius 1 is 1.50 bits per heavy atom. The van der Waals surface area contributed by atoms with Gasteiger partial charge in [0.2, 0.25) is 10.0 Å². The third-order valence-corrected chi connectivity index (χ3v) is 3.18. The zero-order chi connectivity index (χ0) is 11.9. The zero-order valence-electron chi connectivity index (χ0n) is 8.28. The zero-order valence-corrected chi connectivity index (χ0v) is 9.10. The van der Waals surface area contributed by atoms with Crippen LogP contribution in [0.5, 0.6) is 0 Å². The molecule has 2 rings (SSSR count). The summed E-state index contributed by atoms with van der Waals surface area (Å²) < 4.78 is 23.8. The van der Waals surface area contributed by atoms with Crippen LogP contribution in [0.15, 0.2) is 24.7 Å². The molecule has 0 amide bonds. The fraction of sp³-hybridized carbons (Fsp3) is 0.111. The van der Waals surface area contributed by atoms with Crippen LogP contribution in [0, 0.1) is 0 Å². The second-order valence-electron chi connectivity index (χ2n) is 3.30. The van der Waals surface area contributed by atoms with Crippen molar-refractivity contribution in [3.05, 3.63) is 30.2 Å². The number of rotatable bonds is 2. The number of hydrogen-bond donors (Lipinski definition) is 1. The molecule has 0 aliphatic carbocycles. The molecule has 7 heteroatoms. The quantitative estimate of drug-likeness (QED) is 0.827. The van der Waals surface area contributed by atoms with Gasteiger partial charge in [0.15, 0.2) is 0 Å². The summed E-state index contributed by atoms with van der Waals surface area (Å²) in [6.45, 7) is 0.